The van der Waals surface area contributed by atoms with E-state index in [1.54, 1.807) is 0 Å². The molecule has 17 heavy (non-hydrogen) atoms. The largest absolute Gasteiger partial charge is 0.370 e. The first-order chi connectivity index (χ1) is 8.11. The number of nitrogens with two attached hydrogens (primary N) is 2. The molecule has 98 valence electrons. The lowest BCUT2D eigenvalue weighted by Crippen LogP contribution is -2.46. The maximum Gasteiger partial charge on any atom is 0.239 e. The van der Waals surface area contributed by atoms with Gasteiger partial charge in [-0.05, 0) is 32.1 Å². The average molecular weight is 241 g/mol. The lowest BCUT2D eigenvalue weighted by atomic mass is 10.1. The first-order valence-corrected chi connectivity index (χ1v) is 6.23. The van der Waals surface area contributed by atoms with E-state index in [-0.39, 0.29) is 11.9 Å². The number of rotatable bonds is 5. The third-order valence-corrected chi connectivity index (χ3v) is 2.99. The number of nitrogens with zero attached hydrogens (tertiary/aromatic N) is 1. The second kappa shape index (κ2) is 7.11. The maximum atomic E-state index is 11.9. The predicted octanol–water partition coefficient (Wildman–Crippen LogP) is -0.411. The Morgan fingerprint density at radius 2 is 2.00 bits per heavy atom. The van der Waals surface area contributed by atoms with Crippen LogP contribution in [0.4, 0.5) is 0 Å². The van der Waals surface area contributed by atoms with Gasteiger partial charge in [0, 0.05) is 19.6 Å². The molecule has 6 heteroatoms. The van der Waals surface area contributed by atoms with Crippen molar-refractivity contribution >= 4 is 11.9 Å². The van der Waals surface area contributed by atoms with E-state index in [1.807, 2.05) is 4.90 Å². The highest BCUT2D eigenvalue weighted by molar-refractivity contribution is 5.81. The predicted molar refractivity (Wildman–Crippen MR) is 67.6 cm³/mol. The maximum absolute atomic E-state index is 11.9. The SMILES string of the molecule is N=C(N)NCCC[C@H](N)C(=O)N1CCCCC1. The second-order valence-corrected chi connectivity index (χ2v) is 4.48. The Kier molecular flexibility index (Phi) is 5.76. The molecule has 6 N–H and O–H groups in total. The summed E-state index contributed by atoms with van der Waals surface area (Å²) in [6.45, 7) is 2.28. The van der Waals surface area contributed by atoms with Gasteiger partial charge in [-0.2, -0.15) is 0 Å². The third-order valence-electron chi connectivity index (χ3n) is 2.99. The molecule has 0 aromatic rings. The van der Waals surface area contributed by atoms with Gasteiger partial charge in [0.2, 0.25) is 5.91 Å². The van der Waals surface area contributed by atoms with Crippen molar-refractivity contribution in [2.75, 3.05) is 19.6 Å². The van der Waals surface area contributed by atoms with Crippen LogP contribution in [-0.2, 0) is 4.79 Å². The van der Waals surface area contributed by atoms with E-state index < -0.39 is 6.04 Å². The summed E-state index contributed by atoms with van der Waals surface area (Å²) >= 11 is 0. The van der Waals surface area contributed by atoms with Crippen molar-refractivity contribution in [3.63, 3.8) is 0 Å². The fourth-order valence-corrected chi connectivity index (χ4v) is 2.02. The minimum Gasteiger partial charge on any atom is -0.370 e. The molecule has 0 aliphatic carbocycles. The summed E-state index contributed by atoms with van der Waals surface area (Å²) in [6.07, 6.45) is 4.77. The van der Waals surface area contributed by atoms with Crippen LogP contribution < -0.4 is 16.8 Å². The minimum atomic E-state index is -0.415. The van der Waals surface area contributed by atoms with Crippen LogP contribution in [0.5, 0.6) is 0 Å². The Morgan fingerprint density at radius 1 is 1.35 bits per heavy atom. The summed E-state index contributed by atoms with van der Waals surface area (Å²) in [4.78, 5) is 13.8. The normalized spacial score (nSPS) is 17.6. The van der Waals surface area contributed by atoms with Crippen LogP contribution in [0, 0.1) is 5.41 Å². The van der Waals surface area contributed by atoms with Crippen LogP contribution in [0.1, 0.15) is 32.1 Å². The van der Waals surface area contributed by atoms with Crippen LogP contribution in [0.2, 0.25) is 0 Å². The van der Waals surface area contributed by atoms with E-state index in [2.05, 4.69) is 5.32 Å². The number of nitrogens with one attached hydrogen (secondary N) is 2. The fraction of sp³-hybridized carbons (Fsp3) is 0.818. The molecule has 6 nitrogen and oxygen atoms in total. The highest BCUT2D eigenvalue weighted by atomic mass is 16.2. The second-order valence-electron chi connectivity index (χ2n) is 4.48. The monoisotopic (exact) mass is 241 g/mol. The van der Waals surface area contributed by atoms with Gasteiger partial charge < -0.3 is 21.7 Å². The molecule has 1 saturated heterocycles. The molecule has 1 amide bonds. The molecule has 1 aliphatic rings. The molecule has 1 rings (SSSR count). The minimum absolute atomic E-state index is 0.0408. The Labute approximate surface area is 102 Å². The van der Waals surface area contributed by atoms with Crippen molar-refractivity contribution < 1.29 is 4.79 Å². The number of hydrogen-bond acceptors (Lipinski definition) is 3. The van der Waals surface area contributed by atoms with Gasteiger partial charge in [-0.1, -0.05) is 0 Å². The zero-order chi connectivity index (χ0) is 12.7. The molecule has 1 heterocycles. The third kappa shape index (κ3) is 5.04. The molecular weight excluding hydrogens is 218 g/mol. The van der Waals surface area contributed by atoms with Gasteiger partial charge in [0.1, 0.15) is 0 Å². The van der Waals surface area contributed by atoms with Crippen molar-refractivity contribution in [2.45, 2.75) is 38.1 Å². The molecule has 0 aromatic heterocycles. The van der Waals surface area contributed by atoms with E-state index in [0.29, 0.717) is 13.0 Å². The molecular formula is C11H23N5O. The van der Waals surface area contributed by atoms with E-state index in [0.717, 1.165) is 32.4 Å². The summed E-state index contributed by atoms with van der Waals surface area (Å²) in [5, 5.41) is 9.69. The van der Waals surface area contributed by atoms with Crippen molar-refractivity contribution in [2.24, 2.45) is 11.5 Å². The highest BCUT2D eigenvalue weighted by Crippen LogP contribution is 2.10. The van der Waals surface area contributed by atoms with Crippen molar-refractivity contribution in [1.82, 2.24) is 10.2 Å². The van der Waals surface area contributed by atoms with Gasteiger partial charge in [-0.15, -0.1) is 0 Å². The van der Waals surface area contributed by atoms with Crippen LogP contribution in [-0.4, -0.2) is 42.4 Å². The zero-order valence-electron chi connectivity index (χ0n) is 10.2. The van der Waals surface area contributed by atoms with Crippen molar-refractivity contribution in [3.8, 4) is 0 Å². The zero-order valence-corrected chi connectivity index (χ0v) is 10.2. The van der Waals surface area contributed by atoms with Gasteiger partial charge >= 0.3 is 0 Å². The topological polar surface area (TPSA) is 108 Å². The Morgan fingerprint density at radius 3 is 2.59 bits per heavy atom. The molecule has 0 spiro atoms. The number of piperidine rings is 1. The number of hydrogen-bond donors (Lipinski definition) is 4. The molecule has 1 fully saturated rings. The van der Waals surface area contributed by atoms with Gasteiger partial charge in [-0.3, -0.25) is 10.2 Å². The standard InChI is InChI=1S/C11H23N5O/c12-9(5-4-6-15-11(13)14)10(17)16-7-2-1-3-8-16/h9H,1-8,12H2,(H4,13,14,15)/t9-/m0/s1. The van der Waals surface area contributed by atoms with E-state index in [9.17, 15) is 4.79 Å². The van der Waals surface area contributed by atoms with Gasteiger partial charge in [-0.25, -0.2) is 0 Å². The number of amides is 1. The van der Waals surface area contributed by atoms with Crippen molar-refractivity contribution in [1.29, 1.82) is 5.41 Å². The molecule has 1 aliphatic heterocycles. The number of guanidine groups is 1. The molecule has 0 aromatic carbocycles. The summed E-state index contributed by atoms with van der Waals surface area (Å²) < 4.78 is 0. The summed E-state index contributed by atoms with van der Waals surface area (Å²) in [6, 6.07) is -0.415. The molecule has 0 bridgehead atoms. The Bertz CT molecular complexity index is 263. The molecule has 0 radical (unpaired) electrons. The number of carbonyl (C=O) groups is 1. The smallest absolute Gasteiger partial charge is 0.239 e. The lowest BCUT2D eigenvalue weighted by molar-refractivity contribution is -0.133. The molecule has 0 saturated carbocycles. The first kappa shape index (κ1) is 13.8. The Balaban J connectivity index is 2.19. The van der Waals surface area contributed by atoms with E-state index >= 15 is 0 Å². The summed E-state index contributed by atoms with van der Waals surface area (Å²) in [7, 11) is 0. The molecule has 0 unspecified atom stereocenters. The van der Waals surface area contributed by atoms with Crippen molar-refractivity contribution in [3.05, 3.63) is 0 Å². The van der Waals surface area contributed by atoms with Crippen LogP contribution in [0.3, 0.4) is 0 Å². The quantitative estimate of drug-likeness (QED) is 0.298. The van der Waals surface area contributed by atoms with Gasteiger partial charge in [0.25, 0.3) is 0 Å². The van der Waals surface area contributed by atoms with Crippen LogP contribution >= 0.6 is 0 Å². The number of carbonyl (C=O) groups excluding carboxylic acids is 1. The molecule has 1 atom stereocenters. The van der Waals surface area contributed by atoms with Crippen LogP contribution in [0.25, 0.3) is 0 Å². The fourth-order valence-electron chi connectivity index (χ4n) is 2.02. The Hall–Kier alpha value is -1.30. The van der Waals surface area contributed by atoms with Gasteiger partial charge in [0.05, 0.1) is 6.04 Å². The lowest BCUT2D eigenvalue weighted by Gasteiger charge is -2.29. The first-order valence-electron chi connectivity index (χ1n) is 6.23. The van der Waals surface area contributed by atoms with E-state index in [1.165, 1.54) is 6.42 Å². The highest BCUT2D eigenvalue weighted by Gasteiger charge is 2.21. The average Bonchev–Trinajstić information content (AvgIpc) is 2.34. The van der Waals surface area contributed by atoms with Gasteiger partial charge in [0.15, 0.2) is 5.96 Å². The summed E-state index contributed by atoms with van der Waals surface area (Å²) in [5.74, 6) is 0.0217. The van der Waals surface area contributed by atoms with Crippen LogP contribution in [0.15, 0.2) is 0 Å². The number of likely N-dealkylation sites (tertiary alicyclic amines) is 1. The summed E-state index contributed by atoms with van der Waals surface area (Å²) in [5.41, 5.74) is 11.0. The van der Waals surface area contributed by atoms with E-state index in [4.69, 9.17) is 16.9 Å².